The standard InChI is InChI=1S/C12H18F2N2O/c1-8(17-2)3-6-12(16-15)10-7-9(13)4-5-11(10)14/h4-5,7-8,12,16H,3,6,15H2,1-2H3. The molecule has 0 radical (unpaired) electrons. The van der Waals surface area contributed by atoms with Gasteiger partial charge in [0.25, 0.3) is 0 Å². The van der Waals surface area contributed by atoms with E-state index in [1.54, 1.807) is 7.11 Å². The van der Waals surface area contributed by atoms with Crippen molar-refractivity contribution in [3.05, 3.63) is 35.4 Å². The van der Waals surface area contributed by atoms with Crippen LogP contribution < -0.4 is 11.3 Å². The second kappa shape index (κ2) is 6.64. The summed E-state index contributed by atoms with van der Waals surface area (Å²) in [5.74, 6) is 4.44. The predicted molar refractivity (Wildman–Crippen MR) is 62.1 cm³/mol. The lowest BCUT2D eigenvalue weighted by molar-refractivity contribution is 0.106. The van der Waals surface area contributed by atoms with Gasteiger partial charge in [-0.25, -0.2) is 8.78 Å². The minimum Gasteiger partial charge on any atom is -0.382 e. The van der Waals surface area contributed by atoms with Crippen molar-refractivity contribution in [3.8, 4) is 0 Å². The highest BCUT2D eigenvalue weighted by Crippen LogP contribution is 2.22. The molecule has 3 N–H and O–H groups in total. The zero-order valence-electron chi connectivity index (χ0n) is 10.0. The summed E-state index contributed by atoms with van der Waals surface area (Å²) in [5, 5.41) is 0. The largest absolute Gasteiger partial charge is 0.382 e. The molecule has 96 valence electrons. The van der Waals surface area contributed by atoms with Gasteiger partial charge in [0, 0.05) is 18.7 Å². The van der Waals surface area contributed by atoms with Crippen LogP contribution in [0.4, 0.5) is 8.78 Å². The van der Waals surface area contributed by atoms with Crippen LogP contribution in [0.5, 0.6) is 0 Å². The van der Waals surface area contributed by atoms with E-state index < -0.39 is 17.7 Å². The summed E-state index contributed by atoms with van der Waals surface area (Å²) in [6.45, 7) is 1.91. The van der Waals surface area contributed by atoms with Gasteiger partial charge in [0.15, 0.2) is 0 Å². The fourth-order valence-electron chi connectivity index (χ4n) is 1.63. The maximum Gasteiger partial charge on any atom is 0.128 e. The molecule has 0 saturated carbocycles. The van der Waals surface area contributed by atoms with E-state index in [-0.39, 0.29) is 11.7 Å². The molecule has 0 aliphatic heterocycles. The Kier molecular flexibility index (Phi) is 5.47. The zero-order chi connectivity index (χ0) is 12.8. The molecule has 0 bridgehead atoms. The smallest absolute Gasteiger partial charge is 0.128 e. The second-order valence-corrected chi connectivity index (χ2v) is 4.01. The van der Waals surface area contributed by atoms with E-state index in [2.05, 4.69) is 5.43 Å². The van der Waals surface area contributed by atoms with E-state index >= 15 is 0 Å². The molecule has 17 heavy (non-hydrogen) atoms. The van der Waals surface area contributed by atoms with Crippen molar-refractivity contribution in [1.29, 1.82) is 0 Å². The molecule has 0 aliphatic rings. The predicted octanol–water partition coefficient (Wildman–Crippen LogP) is 2.28. The quantitative estimate of drug-likeness (QED) is 0.596. The molecule has 2 atom stereocenters. The summed E-state index contributed by atoms with van der Waals surface area (Å²) < 4.78 is 31.7. The van der Waals surface area contributed by atoms with Crippen molar-refractivity contribution < 1.29 is 13.5 Å². The van der Waals surface area contributed by atoms with Crippen molar-refractivity contribution in [1.82, 2.24) is 5.43 Å². The van der Waals surface area contributed by atoms with Gasteiger partial charge in [0.05, 0.1) is 6.10 Å². The molecule has 5 heteroatoms. The topological polar surface area (TPSA) is 47.3 Å². The number of rotatable bonds is 6. The van der Waals surface area contributed by atoms with Crippen LogP contribution in [0, 0.1) is 11.6 Å². The average molecular weight is 244 g/mol. The number of halogens is 2. The van der Waals surface area contributed by atoms with E-state index in [4.69, 9.17) is 10.6 Å². The molecule has 0 aromatic heterocycles. The van der Waals surface area contributed by atoms with Crippen LogP contribution >= 0.6 is 0 Å². The lowest BCUT2D eigenvalue weighted by atomic mass is 10.0. The lowest BCUT2D eigenvalue weighted by Crippen LogP contribution is -2.29. The molecule has 2 unspecified atom stereocenters. The van der Waals surface area contributed by atoms with Gasteiger partial charge < -0.3 is 4.74 Å². The third-order valence-corrected chi connectivity index (χ3v) is 2.80. The van der Waals surface area contributed by atoms with Crippen LogP contribution in [0.3, 0.4) is 0 Å². The van der Waals surface area contributed by atoms with Crippen molar-refractivity contribution in [3.63, 3.8) is 0 Å². The van der Waals surface area contributed by atoms with Crippen molar-refractivity contribution in [2.45, 2.75) is 31.9 Å². The van der Waals surface area contributed by atoms with Gasteiger partial charge in [-0.15, -0.1) is 0 Å². The van der Waals surface area contributed by atoms with Crippen LogP contribution in [-0.2, 0) is 4.74 Å². The van der Waals surface area contributed by atoms with Gasteiger partial charge >= 0.3 is 0 Å². The lowest BCUT2D eigenvalue weighted by Gasteiger charge is -2.19. The van der Waals surface area contributed by atoms with Crippen molar-refractivity contribution in [2.24, 2.45) is 5.84 Å². The van der Waals surface area contributed by atoms with Crippen LogP contribution in [-0.4, -0.2) is 13.2 Å². The van der Waals surface area contributed by atoms with E-state index in [1.165, 1.54) is 0 Å². The normalized spacial score (nSPS) is 14.6. The van der Waals surface area contributed by atoms with Crippen LogP contribution in [0.25, 0.3) is 0 Å². The number of methoxy groups -OCH3 is 1. The van der Waals surface area contributed by atoms with E-state index in [9.17, 15) is 8.78 Å². The number of hydrazine groups is 1. The maximum atomic E-state index is 13.5. The van der Waals surface area contributed by atoms with Gasteiger partial charge in [-0.2, -0.15) is 0 Å². The first kappa shape index (κ1) is 14.0. The first-order valence-corrected chi connectivity index (χ1v) is 5.52. The second-order valence-electron chi connectivity index (χ2n) is 4.01. The minimum absolute atomic E-state index is 0.0578. The summed E-state index contributed by atoms with van der Waals surface area (Å²) in [6.07, 6.45) is 1.34. The molecule has 0 saturated heterocycles. The van der Waals surface area contributed by atoms with Gasteiger partial charge in [0.2, 0.25) is 0 Å². The first-order valence-electron chi connectivity index (χ1n) is 5.52. The highest BCUT2D eigenvalue weighted by atomic mass is 19.1. The van der Waals surface area contributed by atoms with Crippen LogP contribution in [0.1, 0.15) is 31.4 Å². The van der Waals surface area contributed by atoms with E-state index in [1.807, 2.05) is 6.92 Å². The zero-order valence-corrected chi connectivity index (χ0v) is 10.0. The highest BCUT2D eigenvalue weighted by molar-refractivity contribution is 5.22. The fraction of sp³-hybridized carbons (Fsp3) is 0.500. The summed E-state index contributed by atoms with van der Waals surface area (Å²) in [5.41, 5.74) is 2.75. The monoisotopic (exact) mass is 244 g/mol. The Balaban J connectivity index is 2.75. The third kappa shape index (κ3) is 4.03. The van der Waals surface area contributed by atoms with Gasteiger partial charge in [-0.1, -0.05) is 0 Å². The molecule has 0 heterocycles. The molecular formula is C12H18F2N2O. The molecule has 0 fully saturated rings. The first-order chi connectivity index (χ1) is 8.08. The molecule has 1 aromatic rings. The van der Waals surface area contributed by atoms with E-state index in [0.29, 0.717) is 12.8 Å². The number of nitrogens with one attached hydrogen (secondary N) is 1. The Labute approximate surface area is 99.9 Å². The van der Waals surface area contributed by atoms with E-state index in [0.717, 1.165) is 18.2 Å². The molecule has 1 rings (SSSR count). The van der Waals surface area contributed by atoms with Gasteiger partial charge in [-0.3, -0.25) is 11.3 Å². The number of ether oxygens (including phenoxy) is 1. The maximum absolute atomic E-state index is 13.5. The molecule has 0 aliphatic carbocycles. The number of hydrogen-bond donors (Lipinski definition) is 2. The van der Waals surface area contributed by atoms with Crippen molar-refractivity contribution >= 4 is 0 Å². The SMILES string of the molecule is COC(C)CCC(NN)c1cc(F)ccc1F. The number of nitrogens with two attached hydrogens (primary N) is 1. The number of hydrogen-bond acceptors (Lipinski definition) is 3. The Bertz CT molecular complexity index is 360. The Morgan fingerprint density at radius 3 is 2.65 bits per heavy atom. The Morgan fingerprint density at radius 2 is 2.06 bits per heavy atom. The summed E-state index contributed by atoms with van der Waals surface area (Å²) in [7, 11) is 1.61. The Hall–Kier alpha value is -1.04. The third-order valence-electron chi connectivity index (χ3n) is 2.80. The summed E-state index contributed by atoms with van der Waals surface area (Å²) in [4.78, 5) is 0. The molecular weight excluding hydrogens is 226 g/mol. The summed E-state index contributed by atoms with van der Waals surface area (Å²) >= 11 is 0. The molecule has 0 amide bonds. The Morgan fingerprint density at radius 1 is 1.35 bits per heavy atom. The average Bonchev–Trinajstić information content (AvgIpc) is 2.33. The molecule has 0 spiro atoms. The van der Waals surface area contributed by atoms with Crippen molar-refractivity contribution in [2.75, 3.05) is 7.11 Å². The number of benzene rings is 1. The van der Waals surface area contributed by atoms with Crippen LogP contribution in [0.15, 0.2) is 18.2 Å². The fourth-order valence-corrected chi connectivity index (χ4v) is 1.63. The highest BCUT2D eigenvalue weighted by Gasteiger charge is 2.16. The van der Waals surface area contributed by atoms with Crippen LogP contribution in [0.2, 0.25) is 0 Å². The minimum atomic E-state index is -0.471. The molecule has 3 nitrogen and oxygen atoms in total. The summed E-state index contributed by atoms with van der Waals surface area (Å²) in [6, 6.07) is 2.94. The van der Waals surface area contributed by atoms with Gasteiger partial charge in [-0.05, 0) is 38.0 Å². The van der Waals surface area contributed by atoms with Gasteiger partial charge in [0.1, 0.15) is 11.6 Å². The molecule has 1 aromatic carbocycles.